The van der Waals surface area contributed by atoms with Crippen molar-refractivity contribution < 1.29 is 4.79 Å². The van der Waals surface area contributed by atoms with Crippen LogP contribution in [-0.2, 0) is 13.0 Å². The van der Waals surface area contributed by atoms with Crippen LogP contribution in [0.25, 0.3) is 22.2 Å². The van der Waals surface area contributed by atoms with Crippen molar-refractivity contribution in [2.24, 2.45) is 11.7 Å². The normalized spacial score (nSPS) is 11.4. The predicted octanol–water partition coefficient (Wildman–Crippen LogP) is 4.72. The smallest absolute Gasteiger partial charge is 0.251 e. The number of nitrogens with zero attached hydrogens (tertiary/aromatic N) is 2. The van der Waals surface area contributed by atoms with Crippen LogP contribution in [0.15, 0.2) is 36.4 Å². The molecule has 4 heteroatoms. The number of hydrogen-bond acceptors (Lipinski definition) is 2. The molecule has 3 aromatic rings. The van der Waals surface area contributed by atoms with Crippen LogP contribution >= 0.6 is 0 Å². The molecule has 0 atom stereocenters. The zero-order valence-electron chi connectivity index (χ0n) is 16.0. The minimum absolute atomic E-state index is 0.384. The molecule has 136 valence electrons. The molecule has 0 aliphatic carbocycles. The van der Waals surface area contributed by atoms with Crippen molar-refractivity contribution in [2.75, 3.05) is 0 Å². The summed E-state index contributed by atoms with van der Waals surface area (Å²) in [6.07, 6.45) is 1.89. The van der Waals surface area contributed by atoms with E-state index in [0.29, 0.717) is 11.5 Å². The van der Waals surface area contributed by atoms with E-state index in [2.05, 4.69) is 31.4 Å². The molecule has 3 rings (SSSR count). The largest absolute Gasteiger partial charge is 0.366 e. The molecule has 0 bridgehead atoms. The fourth-order valence-corrected chi connectivity index (χ4v) is 3.64. The van der Waals surface area contributed by atoms with Gasteiger partial charge < -0.3 is 10.3 Å². The second-order valence-electron chi connectivity index (χ2n) is 7.22. The molecule has 0 radical (unpaired) electrons. The third-order valence-corrected chi connectivity index (χ3v) is 5.00. The summed E-state index contributed by atoms with van der Waals surface area (Å²) >= 11 is 0. The number of pyridine rings is 1. The van der Waals surface area contributed by atoms with Crippen LogP contribution in [0.3, 0.4) is 0 Å². The molecule has 2 N–H and O–H groups in total. The van der Waals surface area contributed by atoms with Gasteiger partial charge in [0.2, 0.25) is 0 Å². The fraction of sp³-hybridized carbons (Fsp3) is 0.364. The van der Waals surface area contributed by atoms with Crippen LogP contribution < -0.4 is 5.73 Å². The summed E-state index contributed by atoms with van der Waals surface area (Å²) in [5.74, 6) is 0.214. The molecular weight excluding hydrogens is 322 g/mol. The number of nitrogens with two attached hydrogens (primary N) is 1. The zero-order chi connectivity index (χ0) is 18.8. The number of aromatic nitrogens is 2. The lowest BCUT2D eigenvalue weighted by Gasteiger charge is -2.13. The van der Waals surface area contributed by atoms with E-state index in [1.807, 2.05) is 37.3 Å². The summed E-state index contributed by atoms with van der Waals surface area (Å²) in [6, 6.07) is 12.1. The topological polar surface area (TPSA) is 60.9 Å². The Balaban J connectivity index is 2.23. The van der Waals surface area contributed by atoms with Crippen LogP contribution in [0.1, 0.15) is 48.9 Å². The number of rotatable bonds is 6. The number of amides is 1. The standard InChI is InChI=1S/C22H27N3O/c1-5-19-21(18-11-10-16-8-6-7-9-17(16)24-18)20(22(23)26)15(4)25(19)13-12-14(2)3/h6-11,14H,5,12-13H2,1-4H3,(H2,23,26). The minimum atomic E-state index is -0.384. The highest BCUT2D eigenvalue weighted by Crippen LogP contribution is 2.33. The number of para-hydroxylation sites is 1. The highest BCUT2D eigenvalue weighted by atomic mass is 16.1. The van der Waals surface area contributed by atoms with Crippen molar-refractivity contribution in [1.29, 1.82) is 0 Å². The SMILES string of the molecule is CCc1c(-c2ccc3ccccc3n2)c(C(N)=O)c(C)n1CCC(C)C. The first-order valence-corrected chi connectivity index (χ1v) is 9.32. The van der Waals surface area contributed by atoms with E-state index in [1.54, 1.807) is 0 Å². The van der Waals surface area contributed by atoms with Gasteiger partial charge in [-0.25, -0.2) is 4.98 Å². The van der Waals surface area contributed by atoms with E-state index in [0.717, 1.165) is 52.9 Å². The Kier molecular flexibility index (Phi) is 5.12. The third-order valence-electron chi connectivity index (χ3n) is 5.00. The Labute approximate surface area is 155 Å². The van der Waals surface area contributed by atoms with E-state index >= 15 is 0 Å². The van der Waals surface area contributed by atoms with Crippen molar-refractivity contribution in [3.05, 3.63) is 53.3 Å². The van der Waals surface area contributed by atoms with Crippen LogP contribution in [0.2, 0.25) is 0 Å². The summed E-state index contributed by atoms with van der Waals surface area (Å²) in [6.45, 7) is 9.43. The Morgan fingerprint density at radius 3 is 2.58 bits per heavy atom. The van der Waals surface area contributed by atoms with Crippen LogP contribution in [0, 0.1) is 12.8 Å². The lowest BCUT2D eigenvalue weighted by Crippen LogP contribution is -2.14. The maximum absolute atomic E-state index is 12.3. The van der Waals surface area contributed by atoms with Crippen molar-refractivity contribution in [2.45, 2.75) is 47.1 Å². The third kappa shape index (κ3) is 3.24. The number of carbonyl (C=O) groups is 1. The first-order valence-electron chi connectivity index (χ1n) is 9.32. The average Bonchev–Trinajstić information content (AvgIpc) is 2.91. The molecule has 1 aromatic carbocycles. The van der Waals surface area contributed by atoms with Crippen molar-refractivity contribution in [3.8, 4) is 11.3 Å². The second kappa shape index (κ2) is 7.32. The molecule has 2 heterocycles. The summed E-state index contributed by atoms with van der Waals surface area (Å²) in [7, 11) is 0. The molecule has 4 nitrogen and oxygen atoms in total. The molecular formula is C22H27N3O. The fourth-order valence-electron chi connectivity index (χ4n) is 3.64. The predicted molar refractivity (Wildman–Crippen MR) is 107 cm³/mol. The maximum atomic E-state index is 12.3. The lowest BCUT2D eigenvalue weighted by atomic mass is 10.0. The Bertz CT molecular complexity index is 953. The van der Waals surface area contributed by atoms with Crippen LogP contribution in [-0.4, -0.2) is 15.5 Å². The van der Waals surface area contributed by atoms with Gasteiger partial charge in [0.05, 0.1) is 16.8 Å². The first-order chi connectivity index (χ1) is 12.4. The van der Waals surface area contributed by atoms with Crippen LogP contribution in [0.5, 0.6) is 0 Å². The quantitative estimate of drug-likeness (QED) is 0.700. The minimum Gasteiger partial charge on any atom is -0.366 e. The van der Waals surface area contributed by atoms with E-state index in [-0.39, 0.29) is 5.91 Å². The summed E-state index contributed by atoms with van der Waals surface area (Å²) in [4.78, 5) is 17.1. The zero-order valence-corrected chi connectivity index (χ0v) is 16.0. The Hall–Kier alpha value is -2.62. The number of carbonyl (C=O) groups excluding carboxylic acids is 1. The molecule has 0 saturated carbocycles. The highest BCUT2D eigenvalue weighted by molar-refractivity contribution is 6.02. The highest BCUT2D eigenvalue weighted by Gasteiger charge is 2.24. The molecule has 1 amide bonds. The van der Waals surface area contributed by atoms with Gasteiger partial charge in [-0.2, -0.15) is 0 Å². The second-order valence-corrected chi connectivity index (χ2v) is 7.22. The lowest BCUT2D eigenvalue weighted by molar-refractivity contribution is 0.1000. The maximum Gasteiger partial charge on any atom is 0.251 e. The Morgan fingerprint density at radius 2 is 1.92 bits per heavy atom. The van der Waals surface area contributed by atoms with Gasteiger partial charge in [-0.1, -0.05) is 45.0 Å². The summed E-state index contributed by atoms with van der Waals surface area (Å²) in [5, 5.41) is 1.09. The van der Waals surface area contributed by atoms with Gasteiger partial charge in [0.25, 0.3) is 5.91 Å². The van der Waals surface area contributed by atoms with Crippen molar-refractivity contribution in [1.82, 2.24) is 9.55 Å². The van der Waals surface area contributed by atoms with E-state index in [4.69, 9.17) is 10.7 Å². The van der Waals surface area contributed by atoms with Gasteiger partial charge in [-0.15, -0.1) is 0 Å². The number of hydrogen-bond donors (Lipinski definition) is 1. The molecule has 26 heavy (non-hydrogen) atoms. The van der Waals surface area contributed by atoms with Crippen molar-refractivity contribution >= 4 is 16.8 Å². The number of benzene rings is 1. The Morgan fingerprint density at radius 1 is 1.19 bits per heavy atom. The average molecular weight is 349 g/mol. The molecule has 2 aromatic heterocycles. The summed E-state index contributed by atoms with van der Waals surface area (Å²) < 4.78 is 2.26. The van der Waals surface area contributed by atoms with Gasteiger partial charge in [0, 0.05) is 28.9 Å². The van der Waals surface area contributed by atoms with Gasteiger partial charge in [0.15, 0.2) is 0 Å². The number of primary amides is 1. The van der Waals surface area contributed by atoms with Crippen molar-refractivity contribution in [3.63, 3.8) is 0 Å². The van der Waals surface area contributed by atoms with Crippen LogP contribution in [0.4, 0.5) is 0 Å². The van der Waals surface area contributed by atoms with E-state index < -0.39 is 0 Å². The number of fused-ring (bicyclic) bond motifs is 1. The van der Waals surface area contributed by atoms with Gasteiger partial charge in [0.1, 0.15) is 0 Å². The summed E-state index contributed by atoms with van der Waals surface area (Å²) in [5.41, 5.74) is 11.1. The first kappa shape index (κ1) is 18.2. The van der Waals surface area contributed by atoms with Gasteiger partial charge in [-0.3, -0.25) is 4.79 Å². The molecule has 0 aliphatic heterocycles. The van der Waals surface area contributed by atoms with Gasteiger partial charge >= 0.3 is 0 Å². The molecule has 0 spiro atoms. The molecule has 0 saturated heterocycles. The molecule has 0 fully saturated rings. The molecule has 0 aliphatic rings. The van der Waals surface area contributed by atoms with E-state index in [9.17, 15) is 4.79 Å². The monoisotopic (exact) mass is 349 g/mol. The van der Waals surface area contributed by atoms with Gasteiger partial charge in [-0.05, 0) is 37.8 Å². The molecule has 0 unspecified atom stereocenters. The van der Waals surface area contributed by atoms with E-state index in [1.165, 1.54) is 0 Å².